The molecule has 0 aliphatic rings. The highest BCUT2D eigenvalue weighted by molar-refractivity contribution is 5.97. The van der Waals surface area contributed by atoms with Crippen LogP contribution >= 0.6 is 0 Å². The lowest BCUT2D eigenvalue weighted by molar-refractivity contribution is 0.0952. The molecule has 1 amide bonds. The molecule has 3 N–H and O–H groups in total. The third-order valence-electron chi connectivity index (χ3n) is 4.03. The molecule has 0 aliphatic heterocycles. The molecule has 0 atom stereocenters. The molecule has 148 valence electrons. The number of phenolic OH excluding ortho intramolecular Hbond substituents is 2. The van der Waals surface area contributed by atoms with E-state index in [1.54, 1.807) is 25.3 Å². The van der Waals surface area contributed by atoms with Crippen LogP contribution in [-0.2, 0) is 6.61 Å². The van der Waals surface area contributed by atoms with Gasteiger partial charge in [-0.05, 0) is 41.5 Å². The number of amides is 1. The van der Waals surface area contributed by atoms with Crippen LogP contribution in [0.2, 0.25) is 0 Å². The molecule has 0 fully saturated rings. The lowest BCUT2D eigenvalue weighted by Crippen LogP contribution is -2.17. The number of carbonyl (C=O) groups excluding carboxylic acids is 1. The Morgan fingerprint density at radius 2 is 1.83 bits per heavy atom. The smallest absolute Gasteiger partial charge is 0.275 e. The summed E-state index contributed by atoms with van der Waals surface area (Å²) in [4.78, 5) is 12.1. The fourth-order valence-corrected chi connectivity index (χ4v) is 2.56. The molecule has 3 aromatic rings. The van der Waals surface area contributed by atoms with Crippen LogP contribution in [0.15, 0.2) is 71.8 Å². The van der Waals surface area contributed by atoms with E-state index in [-0.39, 0.29) is 17.1 Å². The van der Waals surface area contributed by atoms with Crippen LogP contribution in [-0.4, -0.2) is 29.4 Å². The predicted octanol–water partition coefficient (Wildman–Crippen LogP) is 3.45. The van der Waals surface area contributed by atoms with Gasteiger partial charge in [-0.1, -0.05) is 30.3 Å². The first-order valence-electron chi connectivity index (χ1n) is 8.77. The Kier molecular flexibility index (Phi) is 6.32. The van der Waals surface area contributed by atoms with Crippen LogP contribution in [0, 0.1) is 0 Å². The zero-order valence-corrected chi connectivity index (χ0v) is 15.7. The average molecular weight is 392 g/mol. The molecule has 29 heavy (non-hydrogen) atoms. The second kappa shape index (κ2) is 9.27. The largest absolute Gasteiger partial charge is 0.508 e. The molecule has 0 bridgehead atoms. The van der Waals surface area contributed by atoms with E-state index in [0.29, 0.717) is 23.7 Å². The van der Waals surface area contributed by atoms with Crippen molar-refractivity contribution in [1.82, 2.24) is 5.43 Å². The Morgan fingerprint density at radius 3 is 2.55 bits per heavy atom. The summed E-state index contributed by atoms with van der Waals surface area (Å²) in [5.41, 5.74) is 4.05. The van der Waals surface area contributed by atoms with Gasteiger partial charge in [0.05, 0.1) is 18.9 Å². The predicted molar refractivity (Wildman–Crippen MR) is 109 cm³/mol. The topological polar surface area (TPSA) is 100 Å². The fourth-order valence-electron chi connectivity index (χ4n) is 2.56. The van der Waals surface area contributed by atoms with Crippen LogP contribution < -0.4 is 14.9 Å². The molecular formula is C22H20N2O5. The summed E-state index contributed by atoms with van der Waals surface area (Å²) < 4.78 is 11.2. The summed E-state index contributed by atoms with van der Waals surface area (Å²) in [6.07, 6.45) is 1.44. The Balaban J connectivity index is 1.64. The van der Waals surface area contributed by atoms with Crippen LogP contribution in [0.1, 0.15) is 21.5 Å². The lowest BCUT2D eigenvalue weighted by Gasteiger charge is -2.11. The molecule has 7 nitrogen and oxygen atoms in total. The van der Waals surface area contributed by atoms with Crippen LogP contribution in [0.3, 0.4) is 0 Å². The molecular weight excluding hydrogens is 372 g/mol. The van der Waals surface area contributed by atoms with Crippen molar-refractivity contribution in [2.24, 2.45) is 5.10 Å². The maximum absolute atomic E-state index is 12.1. The summed E-state index contributed by atoms with van der Waals surface area (Å²) in [7, 11) is 1.54. The molecule has 0 aliphatic carbocycles. The van der Waals surface area contributed by atoms with Crippen LogP contribution in [0.5, 0.6) is 23.0 Å². The first-order valence-corrected chi connectivity index (χ1v) is 8.77. The Hall–Kier alpha value is -4.00. The van der Waals surface area contributed by atoms with Crippen molar-refractivity contribution < 1.29 is 24.5 Å². The third kappa shape index (κ3) is 5.26. The van der Waals surface area contributed by atoms with Gasteiger partial charge in [-0.2, -0.15) is 5.10 Å². The Morgan fingerprint density at radius 1 is 1.03 bits per heavy atom. The number of rotatable bonds is 7. The van der Waals surface area contributed by atoms with Gasteiger partial charge in [-0.3, -0.25) is 4.79 Å². The number of ether oxygens (including phenoxy) is 2. The van der Waals surface area contributed by atoms with Crippen molar-refractivity contribution >= 4 is 12.1 Å². The van der Waals surface area contributed by atoms with E-state index >= 15 is 0 Å². The Bertz CT molecular complexity index is 1020. The zero-order chi connectivity index (χ0) is 20.6. The molecule has 7 heteroatoms. The van der Waals surface area contributed by atoms with Gasteiger partial charge in [0.25, 0.3) is 5.91 Å². The van der Waals surface area contributed by atoms with Gasteiger partial charge in [0, 0.05) is 6.07 Å². The highest BCUT2D eigenvalue weighted by Crippen LogP contribution is 2.28. The number of hydrazone groups is 1. The number of nitrogens with zero attached hydrogens (tertiary/aromatic N) is 1. The van der Waals surface area contributed by atoms with Crippen molar-refractivity contribution in [1.29, 1.82) is 0 Å². The highest BCUT2D eigenvalue weighted by Gasteiger charge is 2.11. The minimum Gasteiger partial charge on any atom is -0.508 e. The summed E-state index contributed by atoms with van der Waals surface area (Å²) >= 11 is 0. The van der Waals surface area contributed by atoms with Crippen LogP contribution in [0.4, 0.5) is 0 Å². The van der Waals surface area contributed by atoms with Gasteiger partial charge < -0.3 is 19.7 Å². The van der Waals surface area contributed by atoms with Gasteiger partial charge in [-0.15, -0.1) is 0 Å². The van der Waals surface area contributed by atoms with E-state index in [2.05, 4.69) is 10.5 Å². The second-order valence-corrected chi connectivity index (χ2v) is 6.09. The summed E-state index contributed by atoms with van der Waals surface area (Å²) in [5, 5.41) is 22.9. The molecule has 3 aromatic carbocycles. The van der Waals surface area contributed by atoms with Gasteiger partial charge >= 0.3 is 0 Å². The summed E-state index contributed by atoms with van der Waals surface area (Å²) in [5.74, 6) is 0.0518. The molecule has 0 saturated carbocycles. The normalized spacial score (nSPS) is 10.7. The quantitative estimate of drug-likeness (QED) is 0.422. The summed E-state index contributed by atoms with van der Waals surface area (Å²) in [6, 6.07) is 18.7. The SMILES string of the molecule is COc1cc(C=NNC(=O)c2ccc(O)cc2O)ccc1OCc1ccccc1. The van der Waals surface area contributed by atoms with Gasteiger partial charge in [-0.25, -0.2) is 5.43 Å². The number of carbonyl (C=O) groups is 1. The molecule has 0 aromatic heterocycles. The zero-order valence-electron chi connectivity index (χ0n) is 15.7. The maximum atomic E-state index is 12.1. The second-order valence-electron chi connectivity index (χ2n) is 6.09. The van der Waals surface area contributed by atoms with Gasteiger partial charge in [0.2, 0.25) is 0 Å². The molecule has 0 radical (unpaired) electrons. The van der Waals surface area contributed by atoms with Gasteiger partial charge in [0.15, 0.2) is 11.5 Å². The van der Waals surface area contributed by atoms with Crippen LogP contribution in [0.25, 0.3) is 0 Å². The highest BCUT2D eigenvalue weighted by atomic mass is 16.5. The number of phenols is 2. The average Bonchev–Trinajstić information content (AvgIpc) is 2.73. The van der Waals surface area contributed by atoms with E-state index in [4.69, 9.17) is 9.47 Å². The molecule has 0 spiro atoms. The van der Waals surface area contributed by atoms with Crippen molar-refractivity contribution in [3.8, 4) is 23.0 Å². The fraction of sp³-hybridized carbons (Fsp3) is 0.0909. The molecule has 0 unspecified atom stereocenters. The Labute approximate surface area is 167 Å². The number of aromatic hydroxyl groups is 2. The summed E-state index contributed by atoms with van der Waals surface area (Å²) in [6.45, 7) is 0.414. The molecule has 3 rings (SSSR count). The standard InChI is InChI=1S/C22H20N2O5/c1-28-21-11-16(7-10-20(21)29-14-15-5-3-2-4-6-15)13-23-24-22(27)18-9-8-17(25)12-19(18)26/h2-13,25-26H,14H2,1H3,(H,24,27). The first kappa shape index (κ1) is 19.8. The van der Waals surface area contributed by atoms with E-state index in [9.17, 15) is 15.0 Å². The minimum absolute atomic E-state index is 0.00203. The minimum atomic E-state index is -0.603. The van der Waals surface area contributed by atoms with Gasteiger partial charge in [0.1, 0.15) is 18.1 Å². The third-order valence-corrected chi connectivity index (χ3v) is 4.03. The molecule has 0 saturated heterocycles. The number of methoxy groups -OCH3 is 1. The lowest BCUT2D eigenvalue weighted by atomic mass is 10.2. The van der Waals surface area contributed by atoms with E-state index in [0.717, 1.165) is 11.6 Å². The number of hydrogen-bond acceptors (Lipinski definition) is 6. The van der Waals surface area contributed by atoms with Crippen molar-refractivity contribution in [2.45, 2.75) is 6.61 Å². The van der Waals surface area contributed by atoms with Crippen molar-refractivity contribution in [2.75, 3.05) is 7.11 Å². The van der Waals surface area contributed by atoms with E-state index < -0.39 is 5.91 Å². The number of hydrogen-bond donors (Lipinski definition) is 3. The number of benzene rings is 3. The first-order chi connectivity index (χ1) is 14.1. The van der Waals surface area contributed by atoms with E-state index in [1.165, 1.54) is 18.3 Å². The number of nitrogens with one attached hydrogen (secondary N) is 1. The van der Waals surface area contributed by atoms with Crippen molar-refractivity contribution in [3.63, 3.8) is 0 Å². The van der Waals surface area contributed by atoms with E-state index in [1.807, 2.05) is 30.3 Å². The molecule has 0 heterocycles. The monoisotopic (exact) mass is 392 g/mol. The maximum Gasteiger partial charge on any atom is 0.275 e. The van der Waals surface area contributed by atoms with Crippen molar-refractivity contribution in [3.05, 3.63) is 83.4 Å².